The Kier molecular flexibility index (Phi) is 4.59. The Labute approximate surface area is 110 Å². The van der Waals surface area contributed by atoms with E-state index in [2.05, 4.69) is 34.1 Å². The van der Waals surface area contributed by atoms with Crippen molar-refractivity contribution in [2.24, 2.45) is 0 Å². The summed E-state index contributed by atoms with van der Waals surface area (Å²) in [5, 5.41) is 4.39. The second kappa shape index (κ2) is 5.98. The molecule has 0 radical (unpaired) electrons. The van der Waals surface area contributed by atoms with Gasteiger partial charge in [0.25, 0.3) is 0 Å². The van der Waals surface area contributed by atoms with Crippen molar-refractivity contribution in [2.75, 3.05) is 53.4 Å². The average molecular weight is 256 g/mol. The Morgan fingerprint density at radius 1 is 1.24 bits per heavy atom. The van der Waals surface area contributed by atoms with Crippen LogP contribution in [-0.2, 0) is 0 Å². The van der Waals surface area contributed by atoms with Crippen molar-refractivity contribution in [3.05, 3.63) is 0 Å². The van der Waals surface area contributed by atoms with Gasteiger partial charge in [-0.25, -0.2) is 0 Å². The van der Waals surface area contributed by atoms with Gasteiger partial charge in [0.05, 0.1) is 0 Å². The maximum absolute atomic E-state index is 5.42. The molecule has 0 aromatic carbocycles. The minimum Gasteiger partial charge on any atom is -0.360 e. The zero-order valence-electron chi connectivity index (χ0n) is 11.0. The van der Waals surface area contributed by atoms with Crippen LogP contribution in [0, 0.1) is 0 Å². The summed E-state index contributed by atoms with van der Waals surface area (Å²) in [6.45, 7) is 6.74. The van der Waals surface area contributed by atoms with Crippen LogP contribution in [0.3, 0.4) is 0 Å². The molecule has 0 unspecified atom stereocenters. The fourth-order valence-electron chi connectivity index (χ4n) is 2.01. The summed E-state index contributed by atoms with van der Waals surface area (Å²) in [7, 11) is 4.26. The standard InChI is InChI=1S/C12H24N4S/c1-14(2)5-6-15-7-9-16(10-8-15)12(17)13-11-3-4-11/h11H,3-10H2,1-2H3,(H,13,17). The molecule has 1 saturated carbocycles. The number of hydrogen-bond donors (Lipinski definition) is 1. The zero-order chi connectivity index (χ0) is 12.3. The van der Waals surface area contributed by atoms with Crippen LogP contribution < -0.4 is 5.32 Å². The van der Waals surface area contributed by atoms with Crippen LogP contribution in [0.25, 0.3) is 0 Å². The highest BCUT2D eigenvalue weighted by atomic mass is 32.1. The van der Waals surface area contributed by atoms with Gasteiger partial charge in [0.2, 0.25) is 0 Å². The van der Waals surface area contributed by atoms with Crippen LogP contribution in [0.4, 0.5) is 0 Å². The molecule has 0 spiro atoms. The molecule has 1 heterocycles. The zero-order valence-corrected chi connectivity index (χ0v) is 11.8. The van der Waals surface area contributed by atoms with Gasteiger partial charge in [-0.05, 0) is 39.2 Å². The lowest BCUT2D eigenvalue weighted by molar-refractivity contribution is 0.168. The Hall–Kier alpha value is -0.390. The van der Waals surface area contributed by atoms with Crippen molar-refractivity contribution in [1.29, 1.82) is 0 Å². The first-order chi connectivity index (χ1) is 8.15. The maximum atomic E-state index is 5.42. The van der Waals surface area contributed by atoms with Crippen molar-refractivity contribution in [3.8, 4) is 0 Å². The largest absolute Gasteiger partial charge is 0.360 e. The summed E-state index contributed by atoms with van der Waals surface area (Å²) in [4.78, 5) is 7.09. The lowest BCUT2D eigenvalue weighted by Gasteiger charge is -2.36. The molecule has 17 heavy (non-hydrogen) atoms. The molecule has 1 N–H and O–H groups in total. The molecule has 1 aliphatic carbocycles. The third-order valence-corrected chi connectivity index (χ3v) is 3.80. The SMILES string of the molecule is CN(C)CCN1CCN(C(=S)NC2CC2)CC1. The summed E-state index contributed by atoms with van der Waals surface area (Å²) in [5.41, 5.74) is 0. The fourth-order valence-corrected chi connectivity index (χ4v) is 2.36. The topological polar surface area (TPSA) is 21.8 Å². The van der Waals surface area contributed by atoms with E-state index in [1.807, 2.05) is 0 Å². The number of nitrogens with zero attached hydrogens (tertiary/aromatic N) is 3. The molecule has 0 atom stereocenters. The summed E-state index contributed by atoms with van der Waals surface area (Å²) < 4.78 is 0. The van der Waals surface area contributed by atoms with Gasteiger partial charge in [0, 0.05) is 45.3 Å². The number of nitrogens with one attached hydrogen (secondary N) is 1. The predicted molar refractivity (Wildman–Crippen MR) is 75.3 cm³/mol. The van der Waals surface area contributed by atoms with E-state index < -0.39 is 0 Å². The third-order valence-electron chi connectivity index (χ3n) is 3.43. The molecule has 2 fully saturated rings. The average Bonchev–Trinajstić information content (AvgIpc) is 3.11. The van der Waals surface area contributed by atoms with Gasteiger partial charge in [0.15, 0.2) is 5.11 Å². The lowest BCUT2D eigenvalue weighted by Crippen LogP contribution is -2.52. The van der Waals surface area contributed by atoms with Gasteiger partial charge in [-0.1, -0.05) is 0 Å². The molecule has 0 bridgehead atoms. The molecule has 1 saturated heterocycles. The number of piperazine rings is 1. The van der Waals surface area contributed by atoms with Crippen molar-refractivity contribution in [1.82, 2.24) is 20.0 Å². The number of thiocarbonyl (C=S) groups is 1. The highest BCUT2D eigenvalue weighted by Crippen LogP contribution is 2.19. The first-order valence-electron chi connectivity index (χ1n) is 6.57. The van der Waals surface area contributed by atoms with E-state index >= 15 is 0 Å². The van der Waals surface area contributed by atoms with E-state index in [4.69, 9.17) is 12.2 Å². The van der Waals surface area contributed by atoms with Crippen LogP contribution in [0.1, 0.15) is 12.8 Å². The third kappa shape index (κ3) is 4.41. The Morgan fingerprint density at radius 3 is 2.41 bits per heavy atom. The molecule has 5 heteroatoms. The number of likely N-dealkylation sites (N-methyl/N-ethyl adjacent to an activating group) is 1. The molecule has 0 aromatic rings. The van der Waals surface area contributed by atoms with E-state index in [1.54, 1.807) is 0 Å². The maximum Gasteiger partial charge on any atom is 0.169 e. The molecule has 2 rings (SSSR count). The van der Waals surface area contributed by atoms with Gasteiger partial charge in [-0.3, -0.25) is 4.90 Å². The quantitative estimate of drug-likeness (QED) is 0.724. The van der Waals surface area contributed by atoms with Gasteiger partial charge in [-0.15, -0.1) is 0 Å². The predicted octanol–water partition coefficient (Wildman–Crippen LogP) is 0.203. The molecule has 1 aliphatic heterocycles. The van der Waals surface area contributed by atoms with Crippen molar-refractivity contribution in [3.63, 3.8) is 0 Å². The first-order valence-corrected chi connectivity index (χ1v) is 6.98. The number of rotatable bonds is 4. The summed E-state index contributed by atoms with van der Waals surface area (Å²) in [6.07, 6.45) is 2.59. The molecule has 0 amide bonds. The Balaban J connectivity index is 1.64. The van der Waals surface area contributed by atoms with Gasteiger partial charge >= 0.3 is 0 Å². The smallest absolute Gasteiger partial charge is 0.169 e. The molecule has 4 nitrogen and oxygen atoms in total. The van der Waals surface area contributed by atoms with Crippen LogP contribution in [-0.4, -0.2) is 79.2 Å². The number of hydrogen-bond acceptors (Lipinski definition) is 3. The Morgan fingerprint density at radius 2 is 1.88 bits per heavy atom. The van der Waals surface area contributed by atoms with E-state index in [-0.39, 0.29) is 0 Å². The molecular formula is C12H24N4S. The van der Waals surface area contributed by atoms with E-state index in [0.717, 1.165) is 37.8 Å². The van der Waals surface area contributed by atoms with Crippen LogP contribution >= 0.6 is 12.2 Å². The van der Waals surface area contributed by atoms with Crippen LogP contribution in [0.15, 0.2) is 0 Å². The summed E-state index contributed by atoms with van der Waals surface area (Å²) in [5.74, 6) is 0. The Bertz CT molecular complexity index is 257. The molecular weight excluding hydrogens is 232 g/mol. The lowest BCUT2D eigenvalue weighted by atomic mass is 10.3. The van der Waals surface area contributed by atoms with E-state index in [0.29, 0.717) is 6.04 Å². The van der Waals surface area contributed by atoms with Gasteiger partial charge in [0.1, 0.15) is 0 Å². The highest BCUT2D eigenvalue weighted by molar-refractivity contribution is 7.80. The van der Waals surface area contributed by atoms with Crippen LogP contribution in [0.2, 0.25) is 0 Å². The summed E-state index contributed by atoms with van der Waals surface area (Å²) >= 11 is 5.42. The highest BCUT2D eigenvalue weighted by Gasteiger charge is 2.25. The van der Waals surface area contributed by atoms with Gasteiger partial charge in [-0.2, -0.15) is 0 Å². The monoisotopic (exact) mass is 256 g/mol. The minimum atomic E-state index is 0.675. The second-order valence-corrected chi connectivity index (χ2v) is 5.74. The van der Waals surface area contributed by atoms with Crippen LogP contribution in [0.5, 0.6) is 0 Å². The molecule has 2 aliphatic rings. The second-order valence-electron chi connectivity index (χ2n) is 5.36. The normalized spacial score (nSPS) is 21.9. The minimum absolute atomic E-state index is 0.675. The van der Waals surface area contributed by atoms with Crippen molar-refractivity contribution >= 4 is 17.3 Å². The molecule has 0 aromatic heterocycles. The van der Waals surface area contributed by atoms with Gasteiger partial charge < -0.3 is 15.1 Å². The fraction of sp³-hybridized carbons (Fsp3) is 0.917. The van der Waals surface area contributed by atoms with E-state index in [1.165, 1.54) is 19.4 Å². The first kappa shape index (κ1) is 13.1. The molecule has 98 valence electrons. The van der Waals surface area contributed by atoms with Crippen molar-refractivity contribution < 1.29 is 0 Å². The summed E-state index contributed by atoms with van der Waals surface area (Å²) in [6, 6.07) is 0.675. The van der Waals surface area contributed by atoms with Crippen molar-refractivity contribution in [2.45, 2.75) is 18.9 Å². The van der Waals surface area contributed by atoms with E-state index in [9.17, 15) is 0 Å².